The molecule has 108 valence electrons. The number of hydrogen-bond acceptors (Lipinski definition) is 4. The van der Waals surface area contributed by atoms with Crippen molar-refractivity contribution in [2.75, 3.05) is 26.2 Å². The van der Waals surface area contributed by atoms with E-state index >= 15 is 0 Å². The lowest BCUT2D eigenvalue weighted by molar-refractivity contribution is -0.150. The Bertz CT molecular complexity index is 223. The smallest absolute Gasteiger partial charge is 0.332 e. The summed E-state index contributed by atoms with van der Waals surface area (Å²) < 4.78 is 0. The molecule has 0 saturated heterocycles. The number of likely N-dealkylation sites (N-methyl/N-ethyl adjacent to an activating group) is 1. The van der Waals surface area contributed by atoms with Crippen molar-refractivity contribution in [3.8, 4) is 0 Å². The van der Waals surface area contributed by atoms with E-state index < -0.39 is 12.1 Å². The van der Waals surface area contributed by atoms with E-state index in [9.17, 15) is 9.90 Å². The van der Waals surface area contributed by atoms with Gasteiger partial charge in [-0.1, -0.05) is 20.3 Å². The second-order valence-corrected chi connectivity index (χ2v) is 4.63. The van der Waals surface area contributed by atoms with Crippen LogP contribution in [0.15, 0.2) is 0 Å². The molecular formula is C13H27NO4. The van der Waals surface area contributed by atoms with Gasteiger partial charge in [0.2, 0.25) is 0 Å². The van der Waals surface area contributed by atoms with Gasteiger partial charge in [0.05, 0.1) is 6.61 Å². The fourth-order valence-corrected chi connectivity index (χ4v) is 2.18. The predicted octanol–water partition coefficient (Wildman–Crippen LogP) is 0.943. The zero-order valence-electron chi connectivity index (χ0n) is 11.5. The summed E-state index contributed by atoms with van der Waals surface area (Å²) in [7, 11) is 0. The average Bonchev–Trinajstić information content (AvgIpc) is 2.35. The van der Waals surface area contributed by atoms with Crippen molar-refractivity contribution in [2.45, 2.75) is 45.6 Å². The van der Waals surface area contributed by atoms with Gasteiger partial charge < -0.3 is 20.2 Å². The predicted molar refractivity (Wildman–Crippen MR) is 70.5 cm³/mol. The van der Waals surface area contributed by atoms with E-state index in [1.165, 1.54) is 0 Å². The van der Waals surface area contributed by atoms with E-state index in [0.29, 0.717) is 13.0 Å². The van der Waals surface area contributed by atoms with Crippen LogP contribution in [0.2, 0.25) is 0 Å². The summed E-state index contributed by atoms with van der Waals surface area (Å²) in [4.78, 5) is 12.9. The first-order chi connectivity index (χ1) is 8.56. The summed E-state index contributed by atoms with van der Waals surface area (Å²) in [6.45, 7) is 6.53. The van der Waals surface area contributed by atoms with E-state index in [2.05, 4.69) is 4.90 Å². The maximum atomic E-state index is 10.8. The molecule has 0 amide bonds. The first kappa shape index (κ1) is 17.4. The van der Waals surface area contributed by atoms with Crippen LogP contribution >= 0.6 is 0 Å². The Morgan fingerprint density at radius 2 is 1.89 bits per heavy atom. The molecule has 0 bridgehead atoms. The van der Waals surface area contributed by atoms with Crippen LogP contribution in [-0.4, -0.2) is 58.5 Å². The lowest BCUT2D eigenvalue weighted by Gasteiger charge is -2.22. The minimum absolute atomic E-state index is 0.143. The van der Waals surface area contributed by atoms with Gasteiger partial charge in [-0.25, -0.2) is 4.79 Å². The van der Waals surface area contributed by atoms with Gasteiger partial charge in [-0.3, -0.25) is 0 Å². The Kier molecular flexibility index (Phi) is 9.92. The fraction of sp³-hybridized carbons (Fsp3) is 0.923. The number of rotatable bonds is 11. The number of aliphatic hydroxyl groups excluding tert-OH is 2. The molecule has 5 heteroatoms. The molecule has 2 atom stereocenters. The zero-order chi connectivity index (χ0) is 14.0. The van der Waals surface area contributed by atoms with Gasteiger partial charge in [-0.2, -0.15) is 0 Å². The largest absolute Gasteiger partial charge is 0.479 e. The van der Waals surface area contributed by atoms with Gasteiger partial charge in [0.1, 0.15) is 0 Å². The molecule has 5 nitrogen and oxygen atoms in total. The minimum Gasteiger partial charge on any atom is -0.479 e. The summed E-state index contributed by atoms with van der Waals surface area (Å²) in [6, 6.07) is 0. The van der Waals surface area contributed by atoms with Crippen LogP contribution in [0, 0.1) is 5.92 Å². The van der Waals surface area contributed by atoms with Gasteiger partial charge in [-0.15, -0.1) is 0 Å². The maximum Gasteiger partial charge on any atom is 0.332 e. The molecule has 0 radical (unpaired) electrons. The van der Waals surface area contributed by atoms with Crippen LogP contribution in [0.3, 0.4) is 0 Å². The lowest BCUT2D eigenvalue weighted by Crippen LogP contribution is -2.31. The molecule has 0 saturated carbocycles. The van der Waals surface area contributed by atoms with Gasteiger partial charge in [0, 0.05) is 6.54 Å². The van der Waals surface area contributed by atoms with Gasteiger partial charge in [0.25, 0.3) is 0 Å². The normalized spacial score (nSPS) is 14.7. The Balaban J connectivity index is 4.06. The van der Waals surface area contributed by atoms with Crippen LogP contribution in [-0.2, 0) is 4.79 Å². The van der Waals surface area contributed by atoms with E-state index in [4.69, 9.17) is 10.2 Å². The van der Waals surface area contributed by atoms with Crippen LogP contribution in [0.5, 0.6) is 0 Å². The Morgan fingerprint density at radius 3 is 2.33 bits per heavy atom. The Morgan fingerprint density at radius 1 is 1.22 bits per heavy atom. The number of hydrogen-bond donors (Lipinski definition) is 3. The second kappa shape index (κ2) is 10.3. The molecule has 0 aliphatic rings. The van der Waals surface area contributed by atoms with E-state index in [0.717, 1.165) is 32.4 Å². The fourth-order valence-electron chi connectivity index (χ4n) is 2.18. The standard InChI is InChI=1S/C13H27NO4/c1-3-6-11(12(16)13(17)18)7-5-8-14(4-2)9-10-15/h11-12,15-16H,3-10H2,1-2H3,(H,17,18). The lowest BCUT2D eigenvalue weighted by atomic mass is 9.92. The third kappa shape index (κ3) is 6.93. The molecule has 0 aromatic carbocycles. The highest BCUT2D eigenvalue weighted by atomic mass is 16.4. The van der Waals surface area contributed by atoms with Crippen LogP contribution < -0.4 is 0 Å². The maximum absolute atomic E-state index is 10.8. The quantitative estimate of drug-likeness (QED) is 0.516. The van der Waals surface area contributed by atoms with Crippen molar-refractivity contribution in [3.63, 3.8) is 0 Å². The van der Waals surface area contributed by atoms with Crippen molar-refractivity contribution in [2.24, 2.45) is 5.92 Å². The molecule has 2 unspecified atom stereocenters. The van der Waals surface area contributed by atoms with Gasteiger partial charge in [-0.05, 0) is 38.3 Å². The molecule has 0 aromatic rings. The highest BCUT2D eigenvalue weighted by molar-refractivity contribution is 5.72. The van der Waals surface area contributed by atoms with Crippen LogP contribution in [0.4, 0.5) is 0 Å². The van der Waals surface area contributed by atoms with Crippen molar-refractivity contribution in [3.05, 3.63) is 0 Å². The molecule has 0 aliphatic carbocycles. The number of carboxylic acid groups (broad SMARTS) is 1. The van der Waals surface area contributed by atoms with Crippen molar-refractivity contribution in [1.82, 2.24) is 4.90 Å². The summed E-state index contributed by atoms with van der Waals surface area (Å²) in [6.07, 6.45) is 1.92. The second-order valence-electron chi connectivity index (χ2n) is 4.63. The molecule has 0 aliphatic heterocycles. The van der Waals surface area contributed by atoms with E-state index in [1.54, 1.807) is 0 Å². The summed E-state index contributed by atoms with van der Waals surface area (Å²) in [5, 5.41) is 27.3. The molecule has 0 fully saturated rings. The van der Waals surface area contributed by atoms with Crippen molar-refractivity contribution < 1.29 is 20.1 Å². The van der Waals surface area contributed by atoms with E-state index in [-0.39, 0.29) is 12.5 Å². The van der Waals surface area contributed by atoms with Crippen LogP contribution in [0.1, 0.15) is 39.5 Å². The molecule has 0 spiro atoms. The molecule has 3 N–H and O–H groups in total. The average molecular weight is 261 g/mol. The molecular weight excluding hydrogens is 234 g/mol. The third-order valence-electron chi connectivity index (χ3n) is 3.27. The number of nitrogens with zero attached hydrogens (tertiary/aromatic N) is 1. The first-order valence-corrected chi connectivity index (χ1v) is 6.80. The van der Waals surface area contributed by atoms with E-state index in [1.807, 2.05) is 13.8 Å². The SMILES string of the molecule is CCCC(CCCN(CC)CCO)C(O)C(=O)O. The van der Waals surface area contributed by atoms with Crippen LogP contribution in [0.25, 0.3) is 0 Å². The number of carboxylic acids is 1. The molecule has 0 heterocycles. The minimum atomic E-state index is -1.25. The topological polar surface area (TPSA) is 81.0 Å². The number of aliphatic hydroxyl groups is 2. The summed E-state index contributed by atoms with van der Waals surface area (Å²) >= 11 is 0. The number of aliphatic carboxylic acids is 1. The number of carbonyl (C=O) groups is 1. The molecule has 18 heavy (non-hydrogen) atoms. The highest BCUT2D eigenvalue weighted by Gasteiger charge is 2.24. The zero-order valence-corrected chi connectivity index (χ0v) is 11.5. The molecule has 0 aromatic heterocycles. The van der Waals surface area contributed by atoms with Gasteiger partial charge >= 0.3 is 5.97 Å². The molecule has 0 rings (SSSR count). The summed E-state index contributed by atoms with van der Waals surface area (Å²) in [5.74, 6) is -1.29. The summed E-state index contributed by atoms with van der Waals surface area (Å²) in [5.41, 5.74) is 0. The first-order valence-electron chi connectivity index (χ1n) is 6.80. The Hall–Kier alpha value is -0.650. The third-order valence-corrected chi connectivity index (χ3v) is 3.27. The highest BCUT2D eigenvalue weighted by Crippen LogP contribution is 2.18. The van der Waals surface area contributed by atoms with Crippen molar-refractivity contribution in [1.29, 1.82) is 0 Å². The monoisotopic (exact) mass is 261 g/mol. The Labute approximate surface area is 109 Å². The van der Waals surface area contributed by atoms with Crippen molar-refractivity contribution >= 4 is 5.97 Å². The van der Waals surface area contributed by atoms with Gasteiger partial charge in [0.15, 0.2) is 6.10 Å².